The van der Waals surface area contributed by atoms with Crippen molar-refractivity contribution in [2.75, 3.05) is 18.0 Å². The summed E-state index contributed by atoms with van der Waals surface area (Å²) in [5.41, 5.74) is 2.77. The molecule has 0 bridgehead atoms. The van der Waals surface area contributed by atoms with Crippen molar-refractivity contribution in [1.29, 1.82) is 0 Å². The van der Waals surface area contributed by atoms with E-state index in [0.717, 1.165) is 36.6 Å². The number of aryl methyl sites for hydroxylation is 2. The molecule has 3 aromatic rings. The quantitative estimate of drug-likeness (QED) is 0.785. The van der Waals surface area contributed by atoms with E-state index in [-0.39, 0.29) is 11.9 Å². The second-order valence-electron chi connectivity index (χ2n) is 6.60. The Hall–Kier alpha value is -2.41. The van der Waals surface area contributed by atoms with E-state index in [1.54, 1.807) is 28.3 Å². The number of thiazole rings is 1. The van der Waals surface area contributed by atoms with Gasteiger partial charge in [0.1, 0.15) is 5.69 Å². The number of benzene rings is 1. The molecule has 1 unspecified atom stereocenters. The molecular weight excluding hydrogens is 334 g/mol. The molecule has 4 rings (SSSR count). The SMILES string of the molecule is Cc1ccc2nc(N3CCCC(NC(=O)c4ccn(C)n4)C3)sc2c1. The Kier molecular flexibility index (Phi) is 4.17. The van der Waals surface area contributed by atoms with Crippen LogP contribution in [0.2, 0.25) is 0 Å². The van der Waals surface area contributed by atoms with Gasteiger partial charge in [-0.2, -0.15) is 5.10 Å². The van der Waals surface area contributed by atoms with Crippen LogP contribution in [0.5, 0.6) is 0 Å². The highest BCUT2D eigenvalue weighted by molar-refractivity contribution is 7.22. The number of aromatic nitrogens is 3. The lowest BCUT2D eigenvalue weighted by Crippen LogP contribution is -2.47. The molecule has 0 spiro atoms. The molecule has 1 N–H and O–H groups in total. The highest BCUT2D eigenvalue weighted by Crippen LogP contribution is 2.31. The monoisotopic (exact) mass is 355 g/mol. The summed E-state index contributed by atoms with van der Waals surface area (Å²) in [5.74, 6) is -0.104. The smallest absolute Gasteiger partial charge is 0.272 e. The van der Waals surface area contributed by atoms with Crippen LogP contribution in [-0.4, -0.2) is 39.8 Å². The standard InChI is InChI=1S/C18H21N5OS/c1-12-5-6-14-16(10-12)25-18(20-14)23-8-3-4-13(11-23)19-17(24)15-7-9-22(2)21-15/h5-7,9-10,13H,3-4,8,11H2,1-2H3,(H,19,24). The molecule has 1 amide bonds. The molecular formula is C18H21N5OS. The number of hydrogen-bond donors (Lipinski definition) is 1. The van der Waals surface area contributed by atoms with Gasteiger partial charge in [-0.3, -0.25) is 9.48 Å². The second kappa shape index (κ2) is 6.48. The first kappa shape index (κ1) is 16.1. The van der Waals surface area contributed by atoms with Crippen LogP contribution >= 0.6 is 11.3 Å². The van der Waals surface area contributed by atoms with Gasteiger partial charge in [-0.05, 0) is 43.5 Å². The lowest BCUT2D eigenvalue weighted by atomic mass is 10.1. The van der Waals surface area contributed by atoms with Gasteiger partial charge in [0.05, 0.1) is 10.2 Å². The first-order valence-electron chi connectivity index (χ1n) is 8.51. The largest absolute Gasteiger partial charge is 0.346 e. The van der Waals surface area contributed by atoms with Crippen molar-refractivity contribution in [3.05, 3.63) is 41.7 Å². The lowest BCUT2D eigenvalue weighted by Gasteiger charge is -2.32. The van der Waals surface area contributed by atoms with Crippen LogP contribution < -0.4 is 10.2 Å². The van der Waals surface area contributed by atoms with Crippen LogP contribution in [0.4, 0.5) is 5.13 Å². The summed E-state index contributed by atoms with van der Waals surface area (Å²) in [4.78, 5) is 19.4. The molecule has 130 valence electrons. The van der Waals surface area contributed by atoms with Crippen LogP contribution in [0.3, 0.4) is 0 Å². The molecule has 1 aliphatic heterocycles. The fourth-order valence-corrected chi connectivity index (χ4v) is 4.32. The molecule has 0 saturated carbocycles. The maximum Gasteiger partial charge on any atom is 0.272 e. The summed E-state index contributed by atoms with van der Waals surface area (Å²) in [5, 5.41) is 8.32. The Balaban J connectivity index is 1.47. The van der Waals surface area contributed by atoms with E-state index < -0.39 is 0 Å². The van der Waals surface area contributed by atoms with Gasteiger partial charge in [0.2, 0.25) is 0 Å². The molecule has 1 aromatic carbocycles. The van der Waals surface area contributed by atoms with Gasteiger partial charge in [0.25, 0.3) is 5.91 Å². The van der Waals surface area contributed by atoms with E-state index in [9.17, 15) is 4.79 Å². The molecule has 2 aromatic heterocycles. The minimum Gasteiger partial charge on any atom is -0.346 e. The van der Waals surface area contributed by atoms with Crippen molar-refractivity contribution in [3.63, 3.8) is 0 Å². The number of nitrogens with zero attached hydrogens (tertiary/aromatic N) is 4. The molecule has 0 radical (unpaired) electrons. The zero-order valence-corrected chi connectivity index (χ0v) is 15.2. The van der Waals surface area contributed by atoms with Crippen molar-refractivity contribution in [2.45, 2.75) is 25.8 Å². The second-order valence-corrected chi connectivity index (χ2v) is 7.61. The van der Waals surface area contributed by atoms with Gasteiger partial charge < -0.3 is 10.2 Å². The average molecular weight is 355 g/mol. The zero-order chi connectivity index (χ0) is 17.4. The predicted octanol–water partition coefficient (Wildman–Crippen LogP) is 2.74. The summed E-state index contributed by atoms with van der Waals surface area (Å²) in [6.45, 7) is 3.87. The molecule has 1 saturated heterocycles. The highest BCUT2D eigenvalue weighted by atomic mass is 32.1. The van der Waals surface area contributed by atoms with Gasteiger partial charge in [0, 0.05) is 32.4 Å². The number of anilines is 1. The Labute approximate surface area is 150 Å². The van der Waals surface area contributed by atoms with E-state index >= 15 is 0 Å². The molecule has 3 heterocycles. The number of carbonyl (C=O) groups is 1. The predicted molar refractivity (Wildman–Crippen MR) is 100 cm³/mol. The van der Waals surface area contributed by atoms with E-state index in [0.29, 0.717) is 5.69 Å². The van der Waals surface area contributed by atoms with Gasteiger partial charge >= 0.3 is 0 Å². The fourth-order valence-electron chi connectivity index (χ4n) is 3.22. The van der Waals surface area contributed by atoms with Gasteiger partial charge in [0.15, 0.2) is 5.13 Å². The number of fused-ring (bicyclic) bond motifs is 1. The maximum atomic E-state index is 12.3. The van der Waals surface area contributed by atoms with Crippen LogP contribution in [0.1, 0.15) is 28.9 Å². The molecule has 6 nitrogen and oxygen atoms in total. The third kappa shape index (κ3) is 3.37. The Bertz CT molecular complexity index is 915. The van der Waals surface area contributed by atoms with E-state index in [2.05, 4.69) is 40.4 Å². The molecule has 1 atom stereocenters. The van der Waals surface area contributed by atoms with Crippen LogP contribution in [0, 0.1) is 6.92 Å². The summed E-state index contributed by atoms with van der Waals surface area (Å²) in [7, 11) is 1.81. The van der Waals surface area contributed by atoms with Crippen molar-refractivity contribution in [3.8, 4) is 0 Å². The van der Waals surface area contributed by atoms with Gasteiger partial charge in [-0.15, -0.1) is 0 Å². The third-order valence-corrected chi connectivity index (χ3v) is 5.58. The number of carbonyl (C=O) groups excluding carboxylic acids is 1. The zero-order valence-electron chi connectivity index (χ0n) is 14.4. The van der Waals surface area contributed by atoms with Crippen molar-refractivity contribution < 1.29 is 4.79 Å². The normalized spacial score (nSPS) is 17.8. The Morgan fingerprint density at radius 3 is 3.04 bits per heavy atom. The average Bonchev–Trinajstić information content (AvgIpc) is 3.21. The topological polar surface area (TPSA) is 63.1 Å². The third-order valence-electron chi connectivity index (χ3n) is 4.51. The highest BCUT2D eigenvalue weighted by Gasteiger charge is 2.24. The van der Waals surface area contributed by atoms with Crippen molar-refractivity contribution in [2.24, 2.45) is 7.05 Å². The van der Waals surface area contributed by atoms with Gasteiger partial charge in [-0.25, -0.2) is 4.98 Å². The molecule has 0 aliphatic carbocycles. The number of hydrogen-bond acceptors (Lipinski definition) is 5. The molecule has 1 aliphatic rings. The first-order valence-corrected chi connectivity index (χ1v) is 9.33. The minimum atomic E-state index is -0.104. The molecule has 25 heavy (non-hydrogen) atoms. The number of nitrogens with one attached hydrogen (secondary N) is 1. The number of amides is 1. The number of rotatable bonds is 3. The Morgan fingerprint density at radius 2 is 2.24 bits per heavy atom. The van der Waals surface area contributed by atoms with Crippen LogP contribution in [0.25, 0.3) is 10.2 Å². The lowest BCUT2D eigenvalue weighted by molar-refractivity contribution is 0.0927. The molecule has 1 fully saturated rings. The summed E-state index contributed by atoms with van der Waals surface area (Å²) in [6, 6.07) is 8.22. The first-order chi connectivity index (χ1) is 12.1. The van der Waals surface area contributed by atoms with Gasteiger partial charge in [-0.1, -0.05) is 17.4 Å². The van der Waals surface area contributed by atoms with Crippen molar-refractivity contribution >= 4 is 32.6 Å². The van der Waals surface area contributed by atoms with E-state index in [1.165, 1.54) is 10.3 Å². The maximum absolute atomic E-state index is 12.3. The number of piperidine rings is 1. The van der Waals surface area contributed by atoms with Crippen LogP contribution in [-0.2, 0) is 7.05 Å². The molecule has 7 heteroatoms. The fraction of sp³-hybridized carbons (Fsp3) is 0.389. The van der Waals surface area contributed by atoms with Crippen molar-refractivity contribution in [1.82, 2.24) is 20.1 Å². The summed E-state index contributed by atoms with van der Waals surface area (Å²) >= 11 is 1.73. The van der Waals surface area contributed by atoms with Crippen LogP contribution in [0.15, 0.2) is 30.5 Å². The van der Waals surface area contributed by atoms with E-state index in [1.807, 2.05) is 7.05 Å². The summed E-state index contributed by atoms with van der Waals surface area (Å²) in [6.07, 6.45) is 3.81. The van der Waals surface area contributed by atoms with E-state index in [4.69, 9.17) is 4.98 Å². The Morgan fingerprint density at radius 1 is 1.36 bits per heavy atom. The summed E-state index contributed by atoms with van der Waals surface area (Å²) < 4.78 is 2.86. The minimum absolute atomic E-state index is 0.104.